The minimum Gasteiger partial charge on any atom is -0.379 e. The first-order valence-corrected chi connectivity index (χ1v) is 12.5. The molecule has 10 heteroatoms. The number of benzene rings is 1. The van der Waals surface area contributed by atoms with Gasteiger partial charge in [0.25, 0.3) is 5.91 Å². The number of carbonyl (C=O) groups excluding carboxylic acids is 1. The summed E-state index contributed by atoms with van der Waals surface area (Å²) in [5.41, 5.74) is 0.202. The molecule has 0 saturated carbocycles. The van der Waals surface area contributed by atoms with Gasteiger partial charge in [-0.3, -0.25) is 14.5 Å². The van der Waals surface area contributed by atoms with Crippen molar-refractivity contribution < 1.29 is 17.9 Å². The standard InChI is InChI=1S/C22H30N4O5S/c1-16-3-2-7-26(15-16)32(29,30)17-4-5-20-18(13-17)19(14-21(27)24-20)22(28)23-6-8-25-9-11-31-12-10-25/h4-5,13-14,16H,2-3,6-12,15H2,1H3,(H,23,28)(H,24,27). The van der Waals surface area contributed by atoms with E-state index in [-0.39, 0.29) is 10.5 Å². The van der Waals surface area contributed by atoms with E-state index in [1.165, 1.54) is 22.5 Å². The van der Waals surface area contributed by atoms with Crippen LogP contribution in [-0.2, 0) is 14.8 Å². The van der Waals surface area contributed by atoms with Crippen LogP contribution in [0.4, 0.5) is 0 Å². The highest BCUT2D eigenvalue weighted by molar-refractivity contribution is 7.89. The number of nitrogens with zero attached hydrogens (tertiary/aromatic N) is 2. The number of piperidine rings is 1. The second-order valence-corrected chi connectivity index (χ2v) is 10.5. The molecule has 2 saturated heterocycles. The van der Waals surface area contributed by atoms with E-state index in [0.29, 0.717) is 56.2 Å². The summed E-state index contributed by atoms with van der Waals surface area (Å²) in [6, 6.07) is 5.77. The number of sulfonamides is 1. The molecule has 2 fully saturated rings. The first-order valence-electron chi connectivity index (χ1n) is 11.1. The SMILES string of the molecule is CC1CCCN(S(=O)(=O)c2ccc3[nH]c(=O)cc(C(=O)NCCN4CCOCC4)c3c2)C1. The third-order valence-corrected chi connectivity index (χ3v) is 8.00. The average molecular weight is 463 g/mol. The average Bonchev–Trinajstić information content (AvgIpc) is 2.78. The van der Waals surface area contributed by atoms with E-state index in [1.54, 1.807) is 6.07 Å². The van der Waals surface area contributed by atoms with Crippen LogP contribution in [0.5, 0.6) is 0 Å². The van der Waals surface area contributed by atoms with Crippen molar-refractivity contribution in [3.05, 3.63) is 40.2 Å². The van der Waals surface area contributed by atoms with Gasteiger partial charge in [-0.1, -0.05) is 6.92 Å². The highest BCUT2D eigenvalue weighted by atomic mass is 32.2. The van der Waals surface area contributed by atoms with Gasteiger partial charge in [-0.15, -0.1) is 0 Å². The van der Waals surface area contributed by atoms with Gasteiger partial charge in [0, 0.05) is 56.2 Å². The summed E-state index contributed by atoms with van der Waals surface area (Å²) < 4.78 is 33.3. The topological polar surface area (TPSA) is 112 Å². The molecule has 1 unspecified atom stereocenters. The van der Waals surface area contributed by atoms with Crippen LogP contribution in [-0.4, -0.2) is 81.0 Å². The Hall–Kier alpha value is -2.27. The Balaban J connectivity index is 1.58. The number of H-pyrrole nitrogens is 1. The number of aromatic nitrogens is 1. The number of pyridine rings is 1. The monoisotopic (exact) mass is 462 g/mol. The van der Waals surface area contributed by atoms with Crippen LogP contribution in [0, 0.1) is 5.92 Å². The van der Waals surface area contributed by atoms with Gasteiger partial charge in [0.1, 0.15) is 0 Å². The van der Waals surface area contributed by atoms with E-state index in [1.807, 2.05) is 6.92 Å². The van der Waals surface area contributed by atoms with Crippen molar-refractivity contribution in [3.8, 4) is 0 Å². The van der Waals surface area contributed by atoms with Crippen LogP contribution >= 0.6 is 0 Å². The third-order valence-electron chi connectivity index (χ3n) is 6.13. The Morgan fingerprint density at radius 2 is 2.00 bits per heavy atom. The largest absolute Gasteiger partial charge is 0.379 e. The van der Waals surface area contributed by atoms with Gasteiger partial charge < -0.3 is 15.0 Å². The predicted octanol–water partition coefficient (Wildman–Crippen LogP) is 1.01. The molecule has 2 aliphatic heterocycles. The van der Waals surface area contributed by atoms with E-state index >= 15 is 0 Å². The van der Waals surface area contributed by atoms with Gasteiger partial charge in [-0.25, -0.2) is 8.42 Å². The number of amides is 1. The molecule has 0 spiro atoms. The lowest BCUT2D eigenvalue weighted by Gasteiger charge is -2.30. The minimum atomic E-state index is -3.68. The van der Waals surface area contributed by atoms with E-state index < -0.39 is 21.5 Å². The quantitative estimate of drug-likeness (QED) is 0.663. The predicted molar refractivity (Wildman–Crippen MR) is 121 cm³/mol. The van der Waals surface area contributed by atoms with E-state index in [9.17, 15) is 18.0 Å². The molecule has 3 heterocycles. The molecule has 0 bridgehead atoms. The molecule has 9 nitrogen and oxygen atoms in total. The molecular formula is C22H30N4O5S. The molecular weight excluding hydrogens is 432 g/mol. The summed E-state index contributed by atoms with van der Waals surface area (Å²) in [6.45, 7) is 7.14. The van der Waals surface area contributed by atoms with Crippen LogP contribution in [0.3, 0.4) is 0 Å². The second-order valence-electron chi connectivity index (χ2n) is 8.58. The second kappa shape index (κ2) is 9.70. The van der Waals surface area contributed by atoms with Crippen molar-refractivity contribution in [3.63, 3.8) is 0 Å². The van der Waals surface area contributed by atoms with Gasteiger partial charge >= 0.3 is 0 Å². The number of rotatable bonds is 6. The molecule has 1 amide bonds. The summed E-state index contributed by atoms with van der Waals surface area (Å²) in [6.07, 6.45) is 1.85. The zero-order chi connectivity index (χ0) is 22.7. The smallest absolute Gasteiger partial charge is 0.252 e. The highest BCUT2D eigenvalue weighted by Crippen LogP contribution is 2.26. The number of nitrogens with one attached hydrogen (secondary N) is 2. The molecule has 2 N–H and O–H groups in total. The van der Waals surface area contributed by atoms with Crippen molar-refractivity contribution in [1.82, 2.24) is 19.5 Å². The van der Waals surface area contributed by atoms with Crippen LogP contribution in [0.2, 0.25) is 0 Å². The maximum atomic E-state index is 13.2. The summed E-state index contributed by atoms with van der Waals surface area (Å²) in [4.78, 5) is 30.0. The van der Waals surface area contributed by atoms with E-state index in [2.05, 4.69) is 15.2 Å². The van der Waals surface area contributed by atoms with E-state index in [0.717, 1.165) is 25.9 Å². The number of hydrogen-bond donors (Lipinski definition) is 2. The maximum Gasteiger partial charge on any atom is 0.252 e. The lowest BCUT2D eigenvalue weighted by atomic mass is 10.0. The summed E-state index contributed by atoms with van der Waals surface area (Å²) in [5, 5.41) is 3.28. The molecule has 4 rings (SSSR count). The maximum absolute atomic E-state index is 13.2. The van der Waals surface area contributed by atoms with Gasteiger partial charge in [0.05, 0.1) is 23.7 Å². The van der Waals surface area contributed by atoms with Gasteiger partial charge in [0.15, 0.2) is 0 Å². The summed E-state index contributed by atoms with van der Waals surface area (Å²) in [5.74, 6) is -0.0846. The minimum absolute atomic E-state index is 0.133. The van der Waals surface area contributed by atoms with Crippen molar-refractivity contribution in [1.29, 1.82) is 0 Å². The number of fused-ring (bicyclic) bond motifs is 1. The Morgan fingerprint density at radius 3 is 2.75 bits per heavy atom. The molecule has 32 heavy (non-hydrogen) atoms. The fourth-order valence-electron chi connectivity index (χ4n) is 4.34. The molecule has 0 radical (unpaired) electrons. The number of ether oxygens (including phenoxy) is 1. The van der Waals surface area contributed by atoms with Gasteiger partial charge in [-0.05, 0) is 37.0 Å². The van der Waals surface area contributed by atoms with Gasteiger partial charge in [0.2, 0.25) is 15.6 Å². The van der Waals surface area contributed by atoms with Gasteiger partial charge in [-0.2, -0.15) is 4.31 Å². The molecule has 174 valence electrons. The number of carbonyl (C=O) groups is 1. The molecule has 1 aromatic carbocycles. The van der Waals surface area contributed by atoms with Crippen molar-refractivity contribution >= 4 is 26.8 Å². The normalized spacial score (nSPS) is 21.0. The summed E-state index contributed by atoms with van der Waals surface area (Å²) in [7, 11) is -3.68. The van der Waals surface area contributed by atoms with Crippen LogP contribution in [0.25, 0.3) is 10.9 Å². The number of hydrogen-bond acceptors (Lipinski definition) is 6. The molecule has 2 aliphatic rings. The zero-order valence-corrected chi connectivity index (χ0v) is 19.1. The Bertz CT molecular complexity index is 1140. The molecule has 2 aromatic rings. The Morgan fingerprint density at radius 1 is 1.22 bits per heavy atom. The first-order chi connectivity index (χ1) is 15.3. The van der Waals surface area contributed by atoms with E-state index in [4.69, 9.17) is 4.74 Å². The van der Waals surface area contributed by atoms with Crippen molar-refractivity contribution in [2.24, 2.45) is 5.92 Å². The number of morpholine rings is 1. The molecule has 1 aromatic heterocycles. The lowest BCUT2D eigenvalue weighted by Crippen LogP contribution is -2.41. The van der Waals surface area contributed by atoms with Crippen LogP contribution < -0.4 is 10.9 Å². The fourth-order valence-corrected chi connectivity index (χ4v) is 5.97. The van der Waals surface area contributed by atoms with Crippen LogP contribution in [0.1, 0.15) is 30.1 Å². The van der Waals surface area contributed by atoms with Crippen LogP contribution in [0.15, 0.2) is 34.0 Å². The van der Waals surface area contributed by atoms with Crippen molar-refractivity contribution in [2.45, 2.75) is 24.7 Å². The number of aromatic amines is 1. The van der Waals surface area contributed by atoms with Crippen molar-refractivity contribution in [2.75, 3.05) is 52.5 Å². The lowest BCUT2D eigenvalue weighted by molar-refractivity contribution is 0.0383. The Kier molecular flexibility index (Phi) is 6.94. The fraction of sp³-hybridized carbons (Fsp3) is 0.545. The first kappa shape index (κ1) is 22.9. The third kappa shape index (κ3) is 5.03. The summed E-state index contributed by atoms with van der Waals surface area (Å²) >= 11 is 0. The molecule has 0 aliphatic carbocycles. The highest BCUT2D eigenvalue weighted by Gasteiger charge is 2.29. The zero-order valence-electron chi connectivity index (χ0n) is 18.3. The molecule has 1 atom stereocenters. The Labute approximate surface area is 187 Å².